The topological polar surface area (TPSA) is 94.6 Å². The van der Waals surface area contributed by atoms with Gasteiger partial charge in [-0.05, 0) is 12.1 Å². The number of hydrogen-bond acceptors (Lipinski definition) is 7. The van der Waals surface area contributed by atoms with Crippen molar-refractivity contribution in [3.63, 3.8) is 0 Å². The van der Waals surface area contributed by atoms with Crippen LogP contribution in [0.25, 0.3) is 0 Å². The van der Waals surface area contributed by atoms with Gasteiger partial charge in [0.1, 0.15) is 25.0 Å². The second-order valence-electron chi connectivity index (χ2n) is 5.83. The minimum atomic E-state index is -1.02. The molecule has 25 heavy (non-hydrogen) atoms. The molecule has 0 radical (unpaired) electrons. The van der Waals surface area contributed by atoms with Crippen LogP contribution in [0, 0.1) is 0 Å². The number of carbonyl (C=O) groups excluding carboxylic acids is 3. The highest BCUT2D eigenvalue weighted by atomic mass is 16.6. The first-order chi connectivity index (χ1) is 12.1. The third-order valence-electron chi connectivity index (χ3n) is 4.45. The van der Waals surface area contributed by atoms with Gasteiger partial charge in [-0.25, -0.2) is 9.59 Å². The summed E-state index contributed by atoms with van der Waals surface area (Å²) in [5, 5.41) is 0. The van der Waals surface area contributed by atoms with Crippen molar-refractivity contribution in [1.29, 1.82) is 0 Å². The maximum Gasteiger partial charge on any atom is 0.415 e. The van der Waals surface area contributed by atoms with Crippen molar-refractivity contribution < 1.29 is 33.3 Å². The first kappa shape index (κ1) is 15.7. The molecule has 0 unspecified atom stereocenters. The van der Waals surface area contributed by atoms with Gasteiger partial charge in [0.05, 0.1) is 19.4 Å². The zero-order chi connectivity index (χ0) is 17.6. The van der Waals surface area contributed by atoms with Crippen molar-refractivity contribution in [2.45, 2.75) is 12.1 Å². The van der Waals surface area contributed by atoms with E-state index in [2.05, 4.69) is 4.74 Å². The van der Waals surface area contributed by atoms with Crippen LogP contribution in [-0.2, 0) is 23.8 Å². The number of cyclic esters (lactones) is 1. The van der Waals surface area contributed by atoms with Gasteiger partial charge in [0.25, 0.3) is 5.91 Å². The lowest BCUT2D eigenvalue weighted by Gasteiger charge is -2.32. The Morgan fingerprint density at radius 2 is 2.16 bits per heavy atom. The van der Waals surface area contributed by atoms with Gasteiger partial charge in [-0.15, -0.1) is 0 Å². The maximum absolute atomic E-state index is 12.2. The summed E-state index contributed by atoms with van der Waals surface area (Å²) in [6, 6.07) is 4.53. The average Bonchev–Trinajstić information content (AvgIpc) is 2.98. The number of rotatable bonds is 2. The maximum atomic E-state index is 12.2. The molecule has 3 heterocycles. The number of amides is 2. The van der Waals surface area contributed by atoms with Crippen molar-refractivity contribution in [2.75, 3.05) is 43.3 Å². The van der Waals surface area contributed by atoms with Crippen LogP contribution in [0.4, 0.5) is 16.2 Å². The van der Waals surface area contributed by atoms with Gasteiger partial charge >= 0.3 is 12.1 Å². The number of nitrogens with zero attached hydrogens (tertiary/aromatic N) is 2. The zero-order valence-corrected chi connectivity index (χ0v) is 13.5. The van der Waals surface area contributed by atoms with Gasteiger partial charge in [-0.3, -0.25) is 9.69 Å². The lowest BCUT2D eigenvalue weighted by Crippen LogP contribution is -2.47. The molecule has 2 atom stereocenters. The molecule has 1 aromatic carbocycles. The molecule has 3 aliphatic heterocycles. The van der Waals surface area contributed by atoms with E-state index in [0.29, 0.717) is 30.3 Å². The van der Waals surface area contributed by atoms with Gasteiger partial charge in [0.2, 0.25) is 6.10 Å². The van der Waals surface area contributed by atoms with E-state index in [-0.39, 0.29) is 19.1 Å². The number of esters is 1. The molecular formula is C16H16N2O7. The molecule has 2 amide bonds. The summed E-state index contributed by atoms with van der Waals surface area (Å²) in [4.78, 5) is 39.0. The summed E-state index contributed by atoms with van der Waals surface area (Å²) < 4.78 is 20.7. The largest absolute Gasteiger partial charge is 0.489 e. The number of fused-ring (bicyclic) bond motifs is 3. The van der Waals surface area contributed by atoms with Crippen LogP contribution >= 0.6 is 0 Å². The molecule has 2 saturated heterocycles. The molecular weight excluding hydrogens is 332 g/mol. The third-order valence-corrected chi connectivity index (χ3v) is 4.45. The van der Waals surface area contributed by atoms with E-state index < -0.39 is 24.2 Å². The summed E-state index contributed by atoms with van der Waals surface area (Å²) in [7, 11) is 1.24. The van der Waals surface area contributed by atoms with E-state index in [9.17, 15) is 14.4 Å². The Hall–Kier alpha value is -2.81. The summed E-state index contributed by atoms with van der Waals surface area (Å²) in [6.07, 6.45) is -1.65. The summed E-state index contributed by atoms with van der Waals surface area (Å²) >= 11 is 0. The monoisotopic (exact) mass is 348 g/mol. The van der Waals surface area contributed by atoms with E-state index in [4.69, 9.17) is 14.2 Å². The van der Waals surface area contributed by atoms with E-state index >= 15 is 0 Å². The highest BCUT2D eigenvalue weighted by molar-refractivity contribution is 5.99. The number of morpholine rings is 1. The number of carbonyl (C=O) groups is 3. The van der Waals surface area contributed by atoms with Crippen molar-refractivity contribution in [2.24, 2.45) is 0 Å². The second kappa shape index (κ2) is 5.92. The fourth-order valence-electron chi connectivity index (χ4n) is 3.23. The standard InChI is InChI=1S/C16H16N2O7/c1-22-15(20)14-11-7-24-12-6-9(17-4-5-23-8-13(17)19)2-3-10(12)18(11)16(21)25-14/h2-3,6,11,14H,4-5,7-8H2,1H3/t11-,14+/m0/s1. The zero-order valence-electron chi connectivity index (χ0n) is 13.5. The molecule has 9 heteroatoms. The number of anilines is 2. The molecule has 9 nitrogen and oxygen atoms in total. The van der Waals surface area contributed by atoms with Crippen LogP contribution in [0.5, 0.6) is 5.75 Å². The van der Waals surface area contributed by atoms with E-state index in [1.807, 2.05) is 0 Å². The lowest BCUT2D eigenvalue weighted by atomic mass is 10.1. The van der Waals surface area contributed by atoms with Crippen LogP contribution in [-0.4, -0.2) is 63.6 Å². The summed E-state index contributed by atoms with van der Waals surface area (Å²) in [6.45, 7) is 1.06. The van der Waals surface area contributed by atoms with Crippen molar-refractivity contribution in [1.82, 2.24) is 0 Å². The molecule has 2 fully saturated rings. The highest BCUT2D eigenvalue weighted by Gasteiger charge is 2.50. The molecule has 1 aromatic rings. The van der Waals surface area contributed by atoms with Crippen LogP contribution in [0.15, 0.2) is 18.2 Å². The van der Waals surface area contributed by atoms with Gasteiger partial charge in [0.15, 0.2) is 0 Å². The number of benzene rings is 1. The number of ether oxygens (including phenoxy) is 4. The van der Waals surface area contributed by atoms with Gasteiger partial charge in [0, 0.05) is 18.3 Å². The SMILES string of the molecule is COC(=O)[C@@H]1OC(=O)N2c3ccc(N4CCOCC4=O)cc3OC[C@@H]12. The average molecular weight is 348 g/mol. The summed E-state index contributed by atoms with van der Waals surface area (Å²) in [5.74, 6) is -0.301. The van der Waals surface area contributed by atoms with Crippen LogP contribution in [0.2, 0.25) is 0 Å². The summed E-state index contributed by atoms with van der Waals surface area (Å²) in [5.41, 5.74) is 1.17. The Balaban J connectivity index is 1.64. The molecule has 0 spiro atoms. The third kappa shape index (κ3) is 2.47. The van der Waals surface area contributed by atoms with Gasteiger partial charge in [-0.2, -0.15) is 0 Å². The molecule has 3 aliphatic rings. The highest BCUT2D eigenvalue weighted by Crippen LogP contribution is 2.41. The first-order valence-electron chi connectivity index (χ1n) is 7.83. The van der Waals surface area contributed by atoms with Crippen molar-refractivity contribution in [3.8, 4) is 5.75 Å². The quantitative estimate of drug-likeness (QED) is 0.710. The molecule has 0 aromatic heterocycles. The minimum Gasteiger partial charge on any atom is -0.489 e. The Morgan fingerprint density at radius 1 is 1.32 bits per heavy atom. The fourth-order valence-corrected chi connectivity index (χ4v) is 3.23. The molecule has 0 saturated carbocycles. The first-order valence-corrected chi connectivity index (χ1v) is 7.83. The fraction of sp³-hybridized carbons (Fsp3) is 0.438. The van der Waals surface area contributed by atoms with E-state index in [1.165, 1.54) is 12.0 Å². The predicted molar refractivity (Wildman–Crippen MR) is 83.7 cm³/mol. The Morgan fingerprint density at radius 3 is 2.92 bits per heavy atom. The molecule has 0 bridgehead atoms. The van der Waals surface area contributed by atoms with Crippen LogP contribution < -0.4 is 14.5 Å². The lowest BCUT2D eigenvalue weighted by molar-refractivity contribution is -0.150. The van der Waals surface area contributed by atoms with Crippen molar-refractivity contribution in [3.05, 3.63) is 18.2 Å². The van der Waals surface area contributed by atoms with E-state index in [1.54, 1.807) is 23.1 Å². The molecule has 0 N–H and O–H groups in total. The Kier molecular flexibility index (Phi) is 3.72. The Labute approximate surface area is 143 Å². The van der Waals surface area contributed by atoms with Crippen molar-refractivity contribution >= 4 is 29.3 Å². The molecule has 132 valence electrons. The van der Waals surface area contributed by atoms with Gasteiger partial charge < -0.3 is 23.8 Å². The normalized spacial score (nSPS) is 25.0. The van der Waals surface area contributed by atoms with Gasteiger partial charge in [-0.1, -0.05) is 0 Å². The number of methoxy groups -OCH3 is 1. The minimum absolute atomic E-state index is 0.0409. The Bertz CT molecular complexity index is 750. The second-order valence-corrected chi connectivity index (χ2v) is 5.83. The number of hydrogen-bond donors (Lipinski definition) is 0. The molecule has 4 rings (SSSR count). The molecule has 0 aliphatic carbocycles. The van der Waals surface area contributed by atoms with Crippen LogP contribution in [0.1, 0.15) is 0 Å². The van der Waals surface area contributed by atoms with Crippen LogP contribution in [0.3, 0.4) is 0 Å². The van der Waals surface area contributed by atoms with E-state index in [0.717, 1.165) is 0 Å². The smallest absolute Gasteiger partial charge is 0.415 e. The predicted octanol–water partition coefficient (Wildman–Crippen LogP) is 0.309.